The third kappa shape index (κ3) is 4.75. The maximum Gasteiger partial charge on any atom is 0.193 e. The molecule has 0 spiro atoms. The van der Waals surface area contributed by atoms with Gasteiger partial charge in [-0.05, 0) is 36.0 Å². The highest BCUT2D eigenvalue weighted by atomic mass is 32.2. The smallest absolute Gasteiger partial charge is 0.193 e. The molecule has 5 nitrogen and oxygen atoms in total. The van der Waals surface area contributed by atoms with Crippen LogP contribution < -0.4 is 5.32 Å². The van der Waals surface area contributed by atoms with Gasteiger partial charge in [0, 0.05) is 51.1 Å². The highest BCUT2D eigenvalue weighted by molar-refractivity contribution is 7.99. The van der Waals surface area contributed by atoms with Crippen LogP contribution in [0.15, 0.2) is 35.3 Å². The van der Waals surface area contributed by atoms with Crippen molar-refractivity contribution in [2.45, 2.75) is 31.2 Å². The van der Waals surface area contributed by atoms with Gasteiger partial charge in [0.05, 0.1) is 13.2 Å². The number of likely N-dealkylation sites (tertiary alicyclic amines) is 1. The molecule has 1 aromatic rings. The first kappa shape index (κ1) is 21.0. The summed E-state index contributed by atoms with van der Waals surface area (Å²) in [6.07, 6.45) is 2.45. The monoisotopic (exact) mass is 416 g/mol. The fourth-order valence-electron chi connectivity index (χ4n) is 5.24. The third-order valence-electron chi connectivity index (χ3n) is 6.98. The number of hydrogen-bond acceptors (Lipinski definition) is 4. The Morgan fingerprint density at radius 2 is 2.03 bits per heavy atom. The molecule has 3 aliphatic heterocycles. The molecule has 6 heteroatoms. The van der Waals surface area contributed by atoms with Crippen LogP contribution in [0, 0.1) is 5.92 Å². The largest absolute Gasteiger partial charge is 0.379 e. The SMILES string of the molecule is CN=C(NCC1(N2CCOCC2)CCSC1)N1CCC(c2ccccc2)C(C)C1. The van der Waals surface area contributed by atoms with E-state index in [0.29, 0.717) is 11.8 Å². The van der Waals surface area contributed by atoms with Gasteiger partial charge >= 0.3 is 0 Å². The lowest BCUT2D eigenvalue weighted by Gasteiger charge is -2.44. The molecule has 0 saturated carbocycles. The minimum absolute atomic E-state index is 0.248. The van der Waals surface area contributed by atoms with Gasteiger partial charge in [-0.1, -0.05) is 37.3 Å². The summed E-state index contributed by atoms with van der Waals surface area (Å²) in [5.41, 5.74) is 1.73. The standard InChI is InChI=1S/C23H36N4OS/c1-19-16-26(10-8-21(19)20-6-4-3-5-7-20)22(24-2)25-17-23(9-15-29-18-23)27-11-13-28-14-12-27/h3-7,19,21H,8-18H2,1-2H3,(H,24,25). The summed E-state index contributed by atoms with van der Waals surface area (Å²) < 4.78 is 5.60. The summed E-state index contributed by atoms with van der Waals surface area (Å²) in [4.78, 5) is 9.80. The fraction of sp³-hybridized carbons (Fsp3) is 0.696. The Hall–Kier alpha value is -1.24. The molecule has 0 aromatic heterocycles. The number of rotatable bonds is 4. The molecule has 160 valence electrons. The molecule has 0 aliphatic carbocycles. The zero-order valence-electron chi connectivity index (χ0n) is 18.0. The number of morpholine rings is 1. The molecule has 3 aliphatic rings. The summed E-state index contributed by atoms with van der Waals surface area (Å²) in [7, 11) is 1.93. The topological polar surface area (TPSA) is 40.1 Å². The van der Waals surface area contributed by atoms with Gasteiger partial charge in [-0.2, -0.15) is 11.8 Å². The molecular weight excluding hydrogens is 380 g/mol. The average Bonchev–Trinajstić information content (AvgIpc) is 3.26. The molecule has 29 heavy (non-hydrogen) atoms. The van der Waals surface area contributed by atoms with E-state index in [4.69, 9.17) is 4.74 Å². The van der Waals surface area contributed by atoms with Gasteiger partial charge in [0.15, 0.2) is 5.96 Å². The van der Waals surface area contributed by atoms with Crippen LogP contribution >= 0.6 is 11.8 Å². The number of nitrogens with one attached hydrogen (secondary N) is 1. The van der Waals surface area contributed by atoms with Crippen LogP contribution in [-0.2, 0) is 4.74 Å². The zero-order valence-corrected chi connectivity index (χ0v) is 18.8. The maximum absolute atomic E-state index is 5.60. The van der Waals surface area contributed by atoms with Crippen LogP contribution in [0.3, 0.4) is 0 Å². The van der Waals surface area contributed by atoms with E-state index in [1.165, 1.54) is 29.9 Å². The maximum atomic E-state index is 5.60. The van der Waals surface area contributed by atoms with Crippen molar-refractivity contribution in [1.29, 1.82) is 0 Å². The third-order valence-corrected chi connectivity index (χ3v) is 8.22. The van der Waals surface area contributed by atoms with Gasteiger partial charge in [0.1, 0.15) is 0 Å². The second-order valence-electron chi connectivity index (χ2n) is 8.76. The van der Waals surface area contributed by atoms with Crippen molar-refractivity contribution in [3.63, 3.8) is 0 Å². The predicted molar refractivity (Wildman–Crippen MR) is 123 cm³/mol. The number of benzene rings is 1. The van der Waals surface area contributed by atoms with Crippen LogP contribution in [0.2, 0.25) is 0 Å². The minimum Gasteiger partial charge on any atom is -0.379 e. The van der Waals surface area contributed by atoms with E-state index in [9.17, 15) is 0 Å². The average molecular weight is 417 g/mol. The predicted octanol–water partition coefficient (Wildman–Crippen LogP) is 2.90. The Labute approximate surface area is 180 Å². The summed E-state index contributed by atoms with van der Waals surface area (Å²) in [6.45, 7) is 9.36. The van der Waals surface area contributed by atoms with E-state index < -0.39 is 0 Å². The van der Waals surface area contributed by atoms with E-state index in [0.717, 1.165) is 51.9 Å². The fourth-order valence-corrected chi connectivity index (χ4v) is 6.72. The van der Waals surface area contributed by atoms with Crippen molar-refractivity contribution in [2.24, 2.45) is 10.9 Å². The number of guanidine groups is 1. The molecular formula is C23H36N4OS. The molecule has 1 aromatic carbocycles. The molecule has 3 saturated heterocycles. The molecule has 4 rings (SSSR count). The molecule has 3 unspecified atom stereocenters. The van der Waals surface area contributed by atoms with Gasteiger partial charge in [0.25, 0.3) is 0 Å². The second-order valence-corrected chi connectivity index (χ2v) is 9.86. The van der Waals surface area contributed by atoms with Crippen LogP contribution in [0.1, 0.15) is 31.2 Å². The molecule has 0 bridgehead atoms. The van der Waals surface area contributed by atoms with Crippen LogP contribution in [-0.4, -0.2) is 85.8 Å². The quantitative estimate of drug-likeness (QED) is 0.604. The summed E-state index contributed by atoms with van der Waals surface area (Å²) in [5, 5.41) is 3.77. The Bertz CT molecular complexity index is 671. The van der Waals surface area contributed by atoms with Gasteiger partial charge < -0.3 is 15.0 Å². The van der Waals surface area contributed by atoms with Crippen LogP contribution in [0.25, 0.3) is 0 Å². The first-order valence-electron chi connectivity index (χ1n) is 11.1. The number of ether oxygens (including phenoxy) is 1. The lowest BCUT2D eigenvalue weighted by atomic mass is 9.82. The van der Waals surface area contributed by atoms with Crippen molar-refractivity contribution in [3.05, 3.63) is 35.9 Å². The van der Waals surface area contributed by atoms with Gasteiger partial charge in [0.2, 0.25) is 0 Å². The van der Waals surface area contributed by atoms with Gasteiger partial charge in [-0.3, -0.25) is 9.89 Å². The summed E-state index contributed by atoms with van der Waals surface area (Å²) in [6, 6.07) is 11.0. The van der Waals surface area contributed by atoms with Gasteiger partial charge in [-0.25, -0.2) is 0 Å². The highest BCUT2D eigenvalue weighted by Crippen LogP contribution is 2.35. The van der Waals surface area contributed by atoms with Crippen molar-refractivity contribution in [1.82, 2.24) is 15.1 Å². The van der Waals surface area contributed by atoms with Crippen LogP contribution in [0.5, 0.6) is 0 Å². The summed E-state index contributed by atoms with van der Waals surface area (Å²) in [5.74, 6) is 4.82. The molecule has 0 radical (unpaired) electrons. The molecule has 3 heterocycles. The number of nitrogens with zero attached hydrogens (tertiary/aromatic N) is 3. The first-order valence-corrected chi connectivity index (χ1v) is 12.3. The first-order chi connectivity index (χ1) is 14.2. The van der Waals surface area contributed by atoms with Crippen LogP contribution in [0.4, 0.5) is 0 Å². The number of thioether (sulfide) groups is 1. The molecule has 3 fully saturated rings. The number of aliphatic imine (C=N–C) groups is 1. The van der Waals surface area contributed by atoms with E-state index in [-0.39, 0.29) is 5.54 Å². The van der Waals surface area contributed by atoms with Crippen molar-refractivity contribution in [3.8, 4) is 0 Å². The lowest BCUT2D eigenvalue weighted by molar-refractivity contribution is -0.0122. The Morgan fingerprint density at radius 1 is 1.24 bits per heavy atom. The normalized spacial score (nSPS) is 31.8. The molecule has 1 N–H and O–H groups in total. The Kier molecular flexibility index (Phi) is 7.04. The molecule has 0 amide bonds. The number of piperidine rings is 1. The zero-order chi connectivity index (χ0) is 20.1. The number of hydrogen-bond donors (Lipinski definition) is 1. The summed E-state index contributed by atoms with van der Waals surface area (Å²) >= 11 is 2.09. The van der Waals surface area contributed by atoms with E-state index in [1.807, 2.05) is 7.05 Å². The molecule has 3 atom stereocenters. The van der Waals surface area contributed by atoms with Crippen molar-refractivity contribution < 1.29 is 4.74 Å². The van der Waals surface area contributed by atoms with Crippen molar-refractivity contribution >= 4 is 17.7 Å². The van der Waals surface area contributed by atoms with Crippen molar-refractivity contribution in [2.75, 3.05) is 64.5 Å². The van der Waals surface area contributed by atoms with Gasteiger partial charge in [-0.15, -0.1) is 0 Å². The minimum atomic E-state index is 0.248. The van der Waals surface area contributed by atoms with E-state index >= 15 is 0 Å². The highest BCUT2D eigenvalue weighted by Gasteiger charge is 2.41. The Morgan fingerprint density at radius 3 is 2.69 bits per heavy atom. The van der Waals surface area contributed by atoms with E-state index in [2.05, 4.69) is 69.1 Å². The van der Waals surface area contributed by atoms with E-state index in [1.54, 1.807) is 0 Å². The second kappa shape index (κ2) is 9.71. The lowest BCUT2D eigenvalue weighted by Crippen LogP contribution is -2.60. The Balaban J connectivity index is 1.37.